The summed E-state index contributed by atoms with van der Waals surface area (Å²) >= 11 is 0.486. The highest BCUT2D eigenvalue weighted by Gasteiger charge is 2.20. The first-order valence-corrected chi connectivity index (χ1v) is 7.08. The first-order chi connectivity index (χ1) is 9.99. The van der Waals surface area contributed by atoms with E-state index in [1.54, 1.807) is 40.6 Å². The highest BCUT2D eigenvalue weighted by molar-refractivity contribution is 7.99. The van der Waals surface area contributed by atoms with Crippen LogP contribution in [0.2, 0.25) is 0 Å². The van der Waals surface area contributed by atoms with Gasteiger partial charge in [-0.25, -0.2) is 9.67 Å². The molecule has 0 spiro atoms. The third-order valence-corrected chi connectivity index (χ3v) is 3.93. The molecule has 0 saturated carbocycles. The Kier molecular flexibility index (Phi) is 3.32. The summed E-state index contributed by atoms with van der Waals surface area (Å²) in [6, 6.07) is 6.87. The van der Waals surface area contributed by atoms with Gasteiger partial charge in [0.15, 0.2) is 5.65 Å². The average Bonchev–Trinajstić information content (AvgIpc) is 2.88. The van der Waals surface area contributed by atoms with Gasteiger partial charge in [0.2, 0.25) is 5.95 Å². The molecule has 0 radical (unpaired) electrons. The molecule has 0 atom stereocenters. The van der Waals surface area contributed by atoms with E-state index in [1.165, 1.54) is 0 Å². The normalized spacial score (nSPS) is 11.7. The van der Waals surface area contributed by atoms with Crippen LogP contribution in [0.25, 0.3) is 16.9 Å². The van der Waals surface area contributed by atoms with Gasteiger partial charge in [-0.1, -0.05) is 23.9 Å². The smallest absolute Gasteiger partial charge is 0.288 e. The van der Waals surface area contributed by atoms with Gasteiger partial charge in [-0.15, -0.1) is 0 Å². The Hall–Kier alpha value is -2.09. The van der Waals surface area contributed by atoms with E-state index in [0.29, 0.717) is 33.5 Å². The van der Waals surface area contributed by atoms with Gasteiger partial charge in [0, 0.05) is 11.9 Å². The maximum absolute atomic E-state index is 12.7. The largest absolute Gasteiger partial charge is 0.369 e. The second-order valence-electron chi connectivity index (χ2n) is 4.53. The SMILES string of the molecule is Cc1nn(C)c2c1nc(N)n2-c1ccccc1SC(F)F. The molecule has 0 aliphatic carbocycles. The van der Waals surface area contributed by atoms with Crippen molar-refractivity contribution in [2.45, 2.75) is 17.6 Å². The van der Waals surface area contributed by atoms with Crippen LogP contribution in [-0.2, 0) is 7.05 Å². The molecule has 2 aromatic heterocycles. The van der Waals surface area contributed by atoms with Gasteiger partial charge in [0.1, 0.15) is 5.52 Å². The fourth-order valence-electron chi connectivity index (χ4n) is 2.36. The van der Waals surface area contributed by atoms with Gasteiger partial charge in [-0.05, 0) is 19.1 Å². The summed E-state index contributed by atoms with van der Waals surface area (Å²) in [4.78, 5) is 4.73. The topological polar surface area (TPSA) is 61.7 Å². The van der Waals surface area contributed by atoms with Gasteiger partial charge < -0.3 is 5.73 Å². The summed E-state index contributed by atoms with van der Waals surface area (Å²) in [6.07, 6.45) is 0. The predicted octanol–water partition coefficient (Wildman–Crippen LogP) is 2.96. The molecule has 0 fully saturated rings. The number of imidazole rings is 1. The Morgan fingerprint density at radius 2 is 2.00 bits per heavy atom. The van der Waals surface area contributed by atoms with Gasteiger partial charge in [0.25, 0.3) is 5.76 Å². The van der Waals surface area contributed by atoms with E-state index < -0.39 is 5.76 Å². The fraction of sp³-hybridized carbons (Fsp3) is 0.231. The number of halogens is 2. The number of alkyl halides is 2. The molecule has 21 heavy (non-hydrogen) atoms. The van der Waals surface area contributed by atoms with Crippen molar-refractivity contribution in [2.24, 2.45) is 7.05 Å². The number of nitrogens with zero attached hydrogens (tertiary/aromatic N) is 4. The molecule has 0 saturated heterocycles. The molecule has 0 amide bonds. The number of nitrogens with two attached hydrogens (primary N) is 1. The molecule has 2 N–H and O–H groups in total. The van der Waals surface area contributed by atoms with Crippen LogP contribution in [0.1, 0.15) is 5.69 Å². The first kappa shape index (κ1) is 13.9. The lowest BCUT2D eigenvalue weighted by Gasteiger charge is -2.11. The predicted molar refractivity (Wildman–Crippen MR) is 78.8 cm³/mol. The second-order valence-corrected chi connectivity index (χ2v) is 5.56. The Morgan fingerprint density at radius 3 is 2.71 bits per heavy atom. The minimum Gasteiger partial charge on any atom is -0.369 e. The van der Waals surface area contributed by atoms with Crippen LogP contribution in [0.5, 0.6) is 0 Å². The molecule has 3 rings (SSSR count). The van der Waals surface area contributed by atoms with Crippen LogP contribution >= 0.6 is 11.8 Å². The Morgan fingerprint density at radius 1 is 1.29 bits per heavy atom. The van der Waals surface area contributed by atoms with Crippen LogP contribution in [0, 0.1) is 6.92 Å². The van der Waals surface area contributed by atoms with Gasteiger partial charge in [-0.3, -0.25) is 4.57 Å². The highest BCUT2D eigenvalue weighted by Crippen LogP contribution is 2.34. The van der Waals surface area contributed by atoms with Crippen molar-refractivity contribution >= 4 is 28.9 Å². The number of nitrogen functional groups attached to an aromatic ring is 1. The van der Waals surface area contributed by atoms with Gasteiger partial charge in [-0.2, -0.15) is 13.9 Å². The maximum Gasteiger partial charge on any atom is 0.288 e. The van der Waals surface area contributed by atoms with Gasteiger partial charge >= 0.3 is 0 Å². The zero-order chi connectivity index (χ0) is 15.1. The molecular formula is C13H13F2N5S. The van der Waals surface area contributed by atoms with E-state index in [0.717, 1.165) is 5.69 Å². The molecule has 0 aliphatic rings. The summed E-state index contributed by atoms with van der Waals surface area (Å²) in [5.41, 5.74) is 8.66. The Balaban J connectivity index is 2.28. The van der Waals surface area contributed by atoms with E-state index in [2.05, 4.69) is 10.1 Å². The quantitative estimate of drug-likeness (QED) is 0.756. The molecule has 0 aliphatic heterocycles. The molecule has 0 unspecified atom stereocenters. The molecular weight excluding hydrogens is 296 g/mol. The number of aromatic nitrogens is 4. The van der Waals surface area contributed by atoms with E-state index in [4.69, 9.17) is 5.73 Å². The van der Waals surface area contributed by atoms with Crippen molar-refractivity contribution in [1.82, 2.24) is 19.3 Å². The van der Waals surface area contributed by atoms with E-state index in [1.807, 2.05) is 6.92 Å². The van der Waals surface area contributed by atoms with Crippen LogP contribution < -0.4 is 5.73 Å². The van der Waals surface area contributed by atoms with E-state index >= 15 is 0 Å². The average molecular weight is 309 g/mol. The van der Waals surface area contributed by atoms with Crippen molar-refractivity contribution in [3.05, 3.63) is 30.0 Å². The second kappa shape index (κ2) is 5.03. The number of benzene rings is 1. The maximum atomic E-state index is 12.7. The lowest BCUT2D eigenvalue weighted by Crippen LogP contribution is -2.06. The third kappa shape index (κ3) is 2.25. The minimum absolute atomic E-state index is 0.253. The standard InChI is InChI=1S/C13H13F2N5S/c1-7-10-11(19(2)18-7)20(13(16)17-10)8-5-3-4-6-9(8)21-12(14)15/h3-6,12H,1-2H3,(H2,16,17). The van der Waals surface area contributed by atoms with Crippen LogP contribution in [0.3, 0.4) is 0 Å². The zero-order valence-corrected chi connectivity index (χ0v) is 12.2. The van der Waals surface area contributed by atoms with Crippen molar-refractivity contribution in [2.75, 3.05) is 5.73 Å². The Labute approximate surface area is 123 Å². The summed E-state index contributed by atoms with van der Waals surface area (Å²) in [6.45, 7) is 1.83. The monoisotopic (exact) mass is 309 g/mol. The lowest BCUT2D eigenvalue weighted by molar-refractivity contribution is 0.252. The van der Waals surface area contributed by atoms with Crippen LogP contribution in [0.4, 0.5) is 14.7 Å². The number of thioether (sulfide) groups is 1. The zero-order valence-electron chi connectivity index (χ0n) is 11.4. The van der Waals surface area contributed by atoms with Crippen molar-refractivity contribution in [3.8, 4) is 5.69 Å². The van der Waals surface area contributed by atoms with Crippen molar-refractivity contribution in [3.63, 3.8) is 0 Å². The highest BCUT2D eigenvalue weighted by atomic mass is 32.2. The summed E-state index contributed by atoms with van der Waals surface area (Å²) in [7, 11) is 1.77. The molecule has 8 heteroatoms. The first-order valence-electron chi connectivity index (χ1n) is 6.20. The number of anilines is 1. The molecule has 110 valence electrons. The number of hydrogen-bond acceptors (Lipinski definition) is 4. The van der Waals surface area contributed by atoms with E-state index in [9.17, 15) is 8.78 Å². The van der Waals surface area contributed by atoms with Crippen molar-refractivity contribution in [1.29, 1.82) is 0 Å². The lowest BCUT2D eigenvalue weighted by atomic mass is 10.3. The number of fused-ring (bicyclic) bond motifs is 1. The van der Waals surface area contributed by atoms with Crippen LogP contribution in [-0.4, -0.2) is 25.1 Å². The Bertz CT molecular complexity index is 808. The summed E-state index contributed by atoms with van der Waals surface area (Å²) < 4.78 is 28.8. The van der Waals surface area contributed by atoms with E-state index in [-0.39, 0.29) is 5.95 Å². The molecule has 2 heterocycles. The number of para-hydroxylation sites is 1. The van der Waals surface area contributed by atoms with Crippen LogP contribution in [0.15, 0.2) is 29.2 Å². The molecule has 5 nitrogen and oxygen atoms in total. The number of aryl methyl sites for hydroxylation is 2. The molecule has 0 bridgehead atoms. The summed E-state index contributed by atoms with van der Waals surface area (Å²) in [5, 5.41) is 4.29. The molecule has 1 aromatic carbocycles. The number of hydrogen-bond donors (Lipinski definition) is 1. The minimum atomic E-state index is -2.50. The third-order valence-electron chi connectivity index (χ3n) is 3.15. The fourth-order valence-corrected chi connectivity index (χ4v) is 2.99. The number of rotatable bonds is 3. The summed E-state index contributed by atoms with van der Waals surface area (Å²) in [5.74, 6) is -2.25. The molecule has 3 aromatic rings. The van der Waals surface area contributed by atoms with Crippen molar-refractivity contribution < 1.29 is 8.78 Å². The van der Waals surface area contributed by atoms with Gasteiger partial charge in [0.05, 0.1) is 11.4 Å².